The van der Waals surface area contributed by atoms with Crippen LogP contribution in [0.5, 0.6) is 0 Å². The van der Waals surface area contributed by atoms with Crippen LogP contribution in [-0.4, -0.2) is 19.5 Å². The second kappa shape index (κ2) is 7.14. The minimum Gasteiger partial charge on any atom is -0.351 e. The summed E-state index contributed by atoms with van der Waals surface area (Å²) in [4.78, 5) is 11.0. The summed E-state index contributed by atoms with van der Waals surface area (Å²) in [6.07, 6.45) is 0. The molecule has 0 aromatic heterocycles. The number of nitrogens with one attached hydrogen (secondary N) is 2. The van der Waals surface area contributed by atoms with Crippen LogP contribution in [0.25, 0.3) is 0 Å². The second-order valence-corrected chi connectivity index (χ2v) is 3.06. The predicted octanol–water partition coefficient (Wildman–Crippen LogP) is 1.22. The van der Waals surface area contributed by atoms with Crippen molar-refractivity contribution >= 4 is 18.3 Å². The lowest BCUT2D eigenvalue weighted by Crippen LogP contribution is -2.31. The second-order valence-electron chi connectivity index (χ2n) is 3.06. The van der Waals surface area contributed by atoms with E-state index in [4.69, 9.17) is 0 Å². The summed E-state index contributed by atoms with van der Waals surface area (Å²) in [7, 11) is 1.65. The van der Waals surface area contributed by atoms with E-state index in [-0.39, 0.29) is 31.4 Å². The van der Waals surface area contributed by atoms with Crippen molar-refractivity contribution in [3.63, 3.8) is 0 Å². The van der Waals surface area contributed by atoms with E-state index < -0.39 is 11.6 Å². The van der Waals surface area contributed by atoms with E-state index in [0.717, 1.165) is 12.1 Å². The van der Waals surface area contributed by atoms with Crippen LogP contribution < -0.4 is 10.6 Å². The first kappa shape index (κ1) is 14.8. The maximum Gasteiger partial charge on any atom is 0.234 e. The molecule has 6 heteroatoms. The van der Waals surface area contributed by atoms with E-state index in [9.17, 15) is 13.6 Å². The molecule has 0 spiro atoms. The summed E-state index contributed by atoms with van der Waals surface area (Å²) in [5.41, 5.74) is 0.526. The van der Waals surface area contributed by atoms with E-state index in [2.05, 4.69) is 10.6 Å². The Hall–Kier alpha value is -1.20. The molecule has 0 radical (unpaired) electrons. The van der Waals surface area contributed by atoms with Gasteiger partial charge < -0.3 is 10.6 Å². The van der Waals surface area contributed by atoms with Gasteiger partial charge in [-0.3, -0.25) is 4.79 Å². The molecule has 1 amide bonds. The molecule has 0 aliphatic rings. The molecule has 0 saturated carbocycles. The quantitative estimate of drug-likeness (QED) is 0.844. The molecular formula is C10H13ClF2N2O. The number of amides is 1. The Kier molecular flexibility index (Phi) is 6.60. The van der Waals surface area contributed by atoms with Crippen LogP contribution in [0.2, 0.25) is 0 Å². The molecule has 0 aliphatic heterocycles. The molecule has 2 N–H and O–H groups in total. The molecule has 0 unspecified atom stereocenters. The number of carbonyl (C=O) groups excluding carboxylic acids is 1. The van der Waals surface area contributed by atoms with E-state index in [1.807, 2.05) is 0 Å². The first-order valence-corrected chi connectivity index (χ1v) is 4.48. The molecule has 0 saturated heterocycles. The number of halogens is 3. The third-order valence-corrected chi connectivity index (χ3v) is 1.81. The van der Waals surface area contributed by atoms with Crippen LogP contribution in [0.1, 0.15) is 5.56 Å². The first-order chi connectivity index (χ1) is 7.13. The number of hydrogen-bond acceptors (Lipinski definition) is 2. The Bertz CT molecular complexity index is 361. The van der Waals surface area contributed by atoms with Crippen molar-refractivity contribution in [2.24, 2.45) is 0 Å². The Morgan fingerprint density at radius 3 is 2.56 bits per heavy atom. The predicted molar refractivity (Wildman–Crippen MR) is 59.4 cm³/mol. The summed E-state index contributed by atoms with van der Waals surface area (Å²) < 4.78 is 25.3. The normalized spacial score (nSPS) is 9.44. The zero-order valence-electron chi connectivity index (χ0n) is 8.72. The molecule has 0 bridgehead atoms. The van der Waals surface area contributed by atoms with Crippen molar-refractivity contribution in [1.29, 1.82) is 0 Å². The Balaban J connectivity index is 0.00000225. The maximum absolute atomic E-state index is 12.8. The fourth-order valence-corrected chi connectivity index (χ4v) is 1.07. The summed E-state index contributed by atoms with van der Waals surface area (Å²) in [6, 6.07) is 3.53. The van der Waals surface area contributed by atoms with Gasteiger partial charge in [0, 0.05) is 6.54 Å². The Morgan fingerprint density at radius 2 is 2.00 bits per heavy atom. The van der Waals surface area contributed by atoms with Crippen LogP contribution in [-0.2, 0) is 11.3 Å². The molecule has 0 aliphatic carbocycles. The minimum atomic E-state index is -0.907. The average Bonchev–Trinajstić information content (AvgIpc) is 2.20. The third-order valence-electron chi connectivity index (χ3n) is 1.81. The van der Waals surface area contributed by atoms with Gasteiger partial charge in [-0.2, -0.15) is 0 Å². The lowest BCUT2D eigenvalue weighted by atomic mass is 10.2. The van der Waals surface area contributed by atoms with Gasteiger partial charge in [0.1, 0.15) is 0 Å². The highest BCUT2D eigenvalue weighted by atomic mass is 35.5. The number of carbonyl (C=O) groups is 1. The van der Waals surface area contributed by atoms with Gasteiger partial charge in [-0.1, -0.05) is 6.07 Å². The van der Waals surface area contributed by atoms with Crippen molar-refractivity contribution < 1.29 is 13.6 Å². The smallest absolute Gasteiger partial charge is 0.234 e. The molecule has 3 nitrogen and oxygen atoms in total. The van der Waals surface area contributed by atoms with Gasteiger partial charge in [0.05, 0.1) is 6.54 Å². The van der Waals surface area contributed by atoms with Gasteiger partial charge in [-0.15, -0.1) is 12.4 Å². The topological polar surface area (TPSA) is 41.1 Å². The summed E-state index contributed by atoms with van der Waals surface area (Å²) >= 11 is 0. The van der Waals surface area contributed by atoms with Crippen molar-refractivity contribution in [1.82, 2.24) is 10.6 Å². The van der Waals surface area contributed by atoms with Gasteiger partial charge in [-0.05, 0) is 24.7 Å². The van der Waals surface area contributed by atoms with Gasteiger partial charge in [0.15, 0.2) is 11.6 Å². The number of benzene rings is 1. The molecule has 0 atom stereocenters. The average molecular weight is 251 g/mol. The van der Waals surface area contributed by atoms with Gasteiger partial charge >= 0.3 is 0 Å². The number of rotatable bonds is 4. The van der Waals surface area contributed by atoms with Crippen molar-refractivity contribution in [3.8, 4) is 0 Å². The molecule has 16 heavy (non-hydrogen) atoms. The maximum atomic E-state index is 12.8. The van der Waals surface area contributed by atoms with Crippen molar-refractivity contribution in [2.75, 3.05) is 13.6 Å². The van der Waals surface area contributed by atoms with Gasteiger partial charge in [-0.25, -0.2) is 8.78 Å². The molecular weight excluding hydrogens is 238 g/mol. The lowest BCUT2D eigenvalue weighted by molar-refractivity contribution is -0.120. The molecule has 0 heterocycles. The lowest BCUT2D eigenvalue weighted by Gasteiger charge is -2.05. The Morgan fingerprint density at radius 1 is 1.31 bits per heavy atom. The van der Waals surface area contributed by atoms with Gasteiger partial charge in [0.25, 0.3) is 0 Å². The van der Waals surface area contributed by atoms with Crippen molar-refractivity contribution in [3.05, 3.63) is 35.4 Å². The van der Waals surface area contributed by atoms with Crippen LogP contribution in [0.15, 0.2) is 18.2 Å². The largest absolute Gasteiger partial charge is 0.351 e. The van der Waals surface area contributed by atoms with E-state index in [1.54, 1.807) is 7.05 Å². The summed E-state index contributed by atoms with van der Waals surface area (Å²) in [5, 5.41) is 5.23. The minimum absolute atomic E-state index is 0. The third kappa shape index (κ3) is 4.55. The zero-order chi connectivity index (χ0) is 11.3. The van der Waals surface area contributed by atoms with E-state index in [0.29, 0.717) is 5.56 Å². The molecule has 1 aromatic rings. The molecule has 0 fully saturated rings. The fourth-order valence-electron chi connectivity index (χ4n) is 1.07. The monoisotopic (exact) mass is 250 g/mol. The number of hydrogen-bond donors (Lipinski definition) is 2. The highest BCUT2D eigenvalue weighted by molar-refractivity contribution is 5.85. The molecule has 1 rings (SSSR count). The van der Waals surface area contributed by atoms with Crippen LogP contribution in [0.4, 0.5) is 8.78 Å². The van der Waals surface area contributed by atoms with Crippen LogP contribution in [0, 0.1) is 11.6 Å². The molecule has 1 aromatic carbocycles. The summed E-state index contributed by atoms with van der Waals surface area (Å²) in [5.74, 6) is -1.99. The van der Waals surface area contributed by atoms with Crippen LogP contribution in [0.3, 0.4) is 0 Å². The highest BCUT2D eigenvalue weighted by Gasteiger charge is 2.03. The van der Waals surface area contributed by atoms with Gasteiger partial charge in [0.2, 0.25) is 5.91 Å². The highest BCUT2D eigenvalue weighted by Crippen LogP contribution is 2.08. The van der Waals surface area contributed by atoms with Crippen LogP contribution >= 0.6 is 12.4 Å². The van der Waals surface area contributed by atoms with E-state index in [1.165, 1.54) is 6.07 Å². The standard InChI is InChI=1S/C10H12F2N2O.ClH/c1-13-6-10(15)14-5-7-2-3-8(11)9(12)4-7;/h2-4,13H,5-6H2,1H3,(H,14,15);1H. The SMILES string of the molecule is CNCC(=O)NCc1ccc(F)c(F)c1.Cl. The summed E-state index contributed by atoms with van der Waals surface area (Å²) in [6.45, 7) is 0.390. The fraction of sp³-hybridized carbons (Fsp3) is 0.300. The zero-order valence-corrected chi connectivity index (χ0v) is 9.54. The van der Waals surface area contributed by atoms with E-state index >= 15 is 0 Å². The Labute approximate surface area is 98.6 Å². The first-order valence-electron chi connectivity index (χ1n) is 4.48. The molecule has 90 valence electrons. The van der Waals surface area contributed by atoms with Crippen molar-refractivity contribution in [2.45, 2.75) is 6.54 Å². The number of likely N-dealkylation sites (N-methyl/N-ethyl adjacent to an activating group) is 1.